The highest BCUT2D eigenvalue weighted by Gasteiger charge is 2.21. The largest absolute Gasteiger partial charge is 0.320 e. The summed E-state index contributed by atoms with van der Waals surface area (Å²) in [5, 5.41) is 0. The summed E-state index contributed by atoms with van der Waals surface area (Å²) >= 11 is 0. The normalized spacial score (nSPS) is 23.7. The highest BCUT2D eigenvalue weighted by atomic mass is 16.2. The van der Waals surface area contributed by atoms with E-state index in [2.05, 4.69) is 6.08 Å². The molecule has 0 aromatic heterocycles. The van der Waals surface area contributed by atoms with E-state index in [0.29, 0.717) is 6.54 Å². The molecule has 1 amide bonds. The lowest BCUT2D eigenvalue weighted by atomic mass is 10.1. The molecule has 3 nitrogen and oxygen atoms in total. The first-order chi connectivity index (χ1) is 7.79. The second-order valence-corrected chi connectivity index (χ2v) is 3.94. The molecule has 1 aliphatic heterocycles. The zero-order valence-corrected chi connectivity index (χ0v) is 9.17. The number of hydrogen-bond donors (Lipinski definition) is 1. The fraction of sp³-hybridized carbons (Fsp3) is 0.308. The van der Waals surface area contributed by atoms with Crippen molar-refractivity contribution in [3.05, 3.63) is 42.5 Å². The molecule has 0 radical (unpaired) electrons. The molecule has 1 aliphatic rings. The molecule has 0 saturated carbocycles. The van der Waals surface area contributed by atoms with E-state index in [1.165, 1.54) is 0 Å². The van der Waals surface area contributed by atoms with Gasteiger partial charge in [0.15, 0.2) is 0 Å². The molecule has 0 bridgehead atoms. The van der Waals surface area contributed by atoms with Crippen LogP contribution in [-0.4, -0.2) is 18.5 Å². The van der Waals surface area contributed by atoms with Crippen LogP contribution in [0.1, 0.15) is 12.8 Å². The van der Waals surface area contributed by atoms with Gasteiger partial charge in [-0.1, -0.05) is 30.4 Å². The predicted octanol–water partition coefficient (Wildman–Crippen LogP) is 1.70. The van der Waals surface area contributed by atoms with Gasteiger partial charge in [-0.3, -0.25) is 4.79 Å². The summed E-state index contributed by atoms with van der Waals surface area (Å²) in [7, 11) is 0. The third-order valence-corrected chi connectivity index (χ3v) is 2.75. The SMILES string of the molecule is N[C@H]1CC/C=C\CN(c2ccccc2)C1=O. The van der Waals surface area contributed by atoms with Crippen molar-refractivity contribution < 1.29 is 4.79 Å². The van der Waals surface area contributed by atoms with Crippen LogP contribution in [0.4, 0.5) is 5.69 Å². The van der Waals surface area contributed by atoms with Crippen LogP contribution >= 0.6 is 0 Å². The second kappa shape index (κ2) is 4.94. The summed E-state index contributed by atoms with van der Waals surface area (Å²) in [6.07, 6.45) is 5.72. The quantitative estimate of drug-likeness (QED) is 0.726. The summed E-state index contributed by atoms with van der Waals surface area (Å²) in [4.78, 5) is 13.8. The molecule has 0 saturated heterocycles. The van der Waals surface area contributed by atoms with E-state index in [-0.39, 0.29) is 11.9 Å². The first-order valence-electron chi connectivity index (χ1n) is 5.56. The molecule has 16 heavy (non-hydrogen) atoms. The highest BCUT2D eigenvalue weighted by molar-refractivity contribution is 5.97. The van der Waals surface area contributed by atoms with Crippen LogP contribution in [0.2, 0.25) is 0 Å². The Hall–Kier alpha value is -1.61. The maximum Gasteiger partial charge on any atom is 0.244 e. The van der Waals surface area contributed by atoms with E-state index in [1.54, 1.807) is 4.90 Å². The fourth-order valence-corrected chi connectivity index (χ4v) is 1.83. The van der Waals surface area contributed by atoms with Crippen LogP contribution in [0.5, 0.6) is 0 Å². The predicted molar refractivity (Wildman–Crippen MR) is 65.1 cm³/mol. The fourth-order valence-electron chi connectivity index (χ4n) is 1.83. The molecule has 0 aliphatic carbocycles. The second-order valence-electron chi connectivity index (χ2n) is 3.94. The number of carbonyl (C=O) groups excluding carboxylic acids is 1. The van der Waals surface area contributed by atoms with Gasteiger partial charge in [-0.05, 0) is 25.0 Å². The Morgan fingerprint density at radius 3 is 2.69 bits per heavy atom. The monoisotopic (exact) mass is 216 g/mol. The topological polar surface area (TPSA) is 46.3 Å². The van der Waals surface area contributed by atoms with Gasteiger partial charge in [-0.2, -0.15) is 0 Å². The van der Waals surface area contributed by atoms with E-state index in [0.717, 1.165) is 18.5 Å². The first kappa shape index (κ1) is 10.9. The average Bonchev–Trinajstić information content (AvgIpc) is 2.32. The molecule has 3 heteroatoms. The van der Waals surface area contributed by atoms with Crippen molar-refractivity contribution in [1.82, 2.24) is 0 Å². The van der Waals surface area contributed by atoms with E-state index in [1.807, 2.05) is 36.4 Å². The van der Waals surface area contributed by atoms with Crippen LogP contribution in [0.3, 0.4) is 0 Å². The van der Waals surface area contributed by atoms with Crippen molar-refractivity contribution in [3.8, 4) is 0 Å². The highest BCUT2D eigenvalue weighted by Crippen LogP contribution is 2.16. The van der Waals surface area contributed by atoms with E-state index in [4.69, 9.17) is 5.73 Å². The van der Waals surface area contributed by atoms with Crippen molar-refractivity contribution in [1.29, 1.82) is 0 Å². The number of anilines is 1. The summed E-state index contributed by atoms with van der Waals surface area (Å²) < 4.78 is 0. The zero-order chi connectivity index (χ0) is 11.4. The first-order valence-corrected chi connectivity index (χ1v) is 5.56. The lowest BCUT2D eigenvalue weighted by Crippen LogP contribution is -2.44. The summed E-state index contributed by atoms with van der Waals surface area (Å²) in [5.41, 5.74) is 6.76. The van der Waals surface area contributed by atoms with Gasteiger partial charge in [-0.25, -0.2) is 0 Å². The van der Waals surface area contributed by atoms with Crippen molar-refractivity contribution in [2.75, 3.05) is 11.4 Å². The van der Waals surface area contributed by atoms with Crippen LogP contribution in [0, 0.1) is 0 Å². The zero-order valence-electron chi connectivity index (χ0n) is 9.17. The Morgan fingerprint density at radius 2 is 1.94 bits per heavy atom. The smallest absolute Gasteiger partial charge is 0.244 e. The van der Waals surface area contributed by atoms with Crippen LogP contribution in [0.25, 0.3) is 0 Å². The molecule has 1 heterocycles. The van der Waals surface area contributed by atoms with Crippen molar-refractivity contribution in [3.63, 3.8) is 0 Å². The number of para-hydroxylation sites is 1. The summed E-state index contributed by atoms with van der Waals surface area (Å²) in [6.45, 7) is 0.608. The van der Waals surface area contributed by atoms with Crippen LogP contribution < -0.4 is 10.6 Å². The third kappa shape index (κ3) is 2.31. The Bertz CT molecular complexity index is 386. The van der Waals surface area contributed by atoms with Gasteiger partial charge in [0.25, 0.3) is 0 Å². The van der Waals surface area contributed by atoms with Gasteiger partial charge in [-0.15, -0.1) is 0 Å². The maximum absolute atomic E-state index is 12.1. The molecular formula is C13H16N2O. The van der Waals surface area contributed by atoms with Gasteiger partial charge >= 0.3 is 0 Å². The molecule has 1 atom stereocenters. The van der Waals surface area contributed by atoms with Crippen LogP contribution in [0.15, 0.2) is 42.5 Å². The van der Waals surface area contributed by atoms with Gasteiger partial charge in [0.05, 0.1) is 6.04 Å². The molecule has 2 rings (SSSR count). The molecule has 1 aromatic rings. The Balaban J connectivity index is 2.26. The van der Waals surface area contributed by atoms with Crippen molar-refractivity contribution in [2.24, 2.45) is 5.73 Å². The molecule has 0 spiro atoms. The summed E-state index contributed by atoms with van der Waals surface area (Å²) in [6, 6.07) is 9.27. The minimum Gasteiger partial charge on any atom is -0.320 e. The van der Waals surface area contributed by atoms with E-state index in [9.17, 15) is 4.79 Å². The Morgan fingerprint density at radius 1 is 1.19 bits per heavy atom. The van der Waals surface area contributed by atoms with E-state index < -0.39 is 0 Å². The number of hydrogen-bond acceptors (Lipinski definition) is 2. The minimum atomic E-state index is -0.384. The Kier molecular flexibility index (Phi) is 3.37. The number of benzene rings is 1. The molecule has 84 valence electrons. The number of rotatable bonds is 1. The van der Waals surface area contributed by atoms with Crippen molar-refractivity contribution >= 4 is 11.6 Å². The molecule has 0 unspecified atom stereocenters. The van der Waals surface area contributed by atoms with Gasteiger partial charge in [0, 0.05) is 12.2 Å². The van der Waals surface area contributed by atoms with Gasteiger partial charge < -0.3 is 10.6 Å². The lowest BCUT2D eigenvalue weighted by molar-refractivity contribution is -0.119. The lowest BCUT2D eigenvalue weighted by Gasteiger charge is -2.26. The van der Waals surface area contributed by atoms with Crippen LogP contribution in [-0.2, 0) is 4.79 Å². The van der Waals surface area contributed by atoms with E-state index >= 15 is 0 Å². The number of amides is 1. The third-order valence-electron chi connectivity index (χ3n) is 2.75. The van der Waals surface area contributed by atoms with Crippen molar-refractivity contribution in [2.45, 2.75) is 18.9 Å². The average molecular weight is 216 g/mol. The number of nitrogens with two attached hydrogens (primary N) is 1. The molecule has 0 fully saturated rings. The Labute approximate surface area is 95.6 Å². The maximum atomic E-state index is 12.1. The number of carbonyl (C=O) groups is 1. The minimum absolute atomic E-state index is 0.00977. The molecular weight excluding hydrogens is 200 g/mol. The standard InChI is InChI=1S/C13H16N2O/c14-12-9-5-2-6-10-15(13(12)16)11-7-3-1-4-8-11/h1-4,6-8,12H,5,9-10,14H2/b6-2-/t12-/m0/s1. The van der Waals surface area contributed by atoms with Gasteiger partial charge in [0.1, 0.15) is 0 Å². The number of allylic oxidation sites excluding steroid dienone is 1. The number of nitrogens with zero attached hydrogens (tertiary/aromatic N) is 1. The van der Waals surface area contributed by atoms with Gasteiger partial charge in [0.2, 0.25) is 5.91 Å². The molecule has 2 N–H and O–H groups in total. The summed E-state index contributed by atoms with van der Waals surface area (Å²) in [5.74, 6) is 0.00977. The molecule has 1 aromatic carbocycles.